The molecule has 15 heavy (non-hydrogen) atoms. The molecule has 1 aromatic carbocycles. The summed E-state index contributed by atoms with van der Waals surface area (Å²) >= 11 is 0. The number of rotatable bonds is 4. The average Bonchev–Trinajstić information content (AvgIpc) is 2.29. The normalized spacial score (nSPS) is 8.73. The summed E-state index contributed by atoms with van der Waals surface area (Å²) in [6.07, 6.45) is 0. The zero-order valence-electron chi connectivity index (χ0n) is 9.26. The number of anilines is 1. The van der Waals surface area contributed by atoms with Gasteiger partial charge >= 0.3 is 0 Å². The molecular weight excluding hydrogens is 190 g/mol. The highest BCUT2D eigenvalue weighted by Crippen LogP contribution is 2.28. The summed E-state index contributed by atoms with van der Waals surface area (Å²) in [6.45, 7) is 2.41. The number of hydrogen-bond acceptors (Lipinski definition) is 3. The van der Waals surface area contributed by atoms with E-state index >= 15 is 0 Å². The lowest BCUT2D eigenvalue weighted by atomic mass is 10.2. The highest BCUT2D eigenvalue weighted by Gasteiger charge is 2.02. The van der Waals surface area contributed by atoms with Crippen LogP contribution in [0.4, 0.5) is 5.69 Å². The Hall–Kier alpha value is -1.82. The van der Waals surface area contributed by atoms with Crippen LogP contribution in [0.15, 0.2) is 18.2 Å². The number of ether oxygens (including phenoxy) is 2. The van der Waals surface area contributed by atoms with E-state index in [-0.39, 0.29) is 0 Å². The Kier molecular flexibility index (Phi) is 4.36. The van der Waals surface area contributed by atoms with Gasteiger partial charge in [0, 0.05) is 6.07 Å². The molecule has 0 unspecified atom stereocenters. The number of nitrogens with one attached hydrogen (secondary N) is 1. The van der Waals surface area contributed by atoms with E-state index in [0.717, 1.165) is 17.2 Å². The first-order valence-electron chi connectivity index (χ1n) is 4.67. The molecule has 0 aliphatic rings. The van der Waals surface area contributed by atoms with Crippen LogP contribution < -0.4 is 14.8 Å². The Bertz CT molecular complexity index is 377. The fourth-order valence-corrected chi connectivity index (χ4v) is 1.18. The van der Waals surface area contributed by atoms with Crippen LogP contribution in [0.2, 0.25) is 0 Å². The highest BCUT2D eigenvalue weighted by molar-refractivity contribution is 5.60. The van der Waals surface area contributed by atoms with Crippen molar-refractivity contribution in [2.45, 2.75) is 6.92 Å². The maximum atomic E-state index is 5.21. The van der Waals surface area contributed by atoms with Crippen molar-refractivity contribution in [3.8, 4) is 23.3 Å². The molecule has 1 rings (SSSR count). The van der Waals surface area contributed by atoms with Gasteiger partial charge in [0.2, 0.25) is 0 Å². The second-order valence-corrected chi connectivity index (χ2v) is 2.85. The van der Waals surface area contributed by atoms with Crippen molar-refractivity contribution in [3.05, 3.63) is 18.2 Å². The van der Waals surface area contributed by atoms with Crippen molar-refractivity contribution in [1.82, 2.24) is 0 Å². The van der Waals surface area contributed by atoms with Gasteiger partial charge in [0.25, 0.3) is 0 Å². The molecule has 0 aromatic heterocycles. The van der Waals surface area contributed by atoms with Crippen LogP contribution in [-0.4, -0.2) is 20.8 Å². The van der Waals surface area contributed by atoms with Crippen LogP contribution in [-0.2, 0) is 0 Å². The van der Waals surface area contributed by atoms with E-state index in [1.54, 1.807) is 14.2 Å². The zero-order valence-corrected chi connectivity index (χ0v) is 9.26. The van der Waals surface area contributed by atoms with Gasteiger partial charge in [0.1, 0.15) is 11.5 Å². The molecule has 1 aromatic rings. The fourth-order valence-electron chi connectivity index (χ4n) is 1.18. The molecule has 0 saturated carbocycles. The van der Waals surface area contributed by atoms with Gasteiger partial charge in [0.05, 0.1) is 26.5 Å². The molecule has 0 heterocycles. The third kappa shape index (κ3) is 3.10. The Morgan fingerprint density at radius 3 is 2.67 bits per heavy atom. The second-order valence-electron chi connectivity index (χ2n) is 2.85. The smallest absolute Gasteiger partial charge is 0.142 e. The van der Waals surface area contributed by atoms with E-state index in [2.05, 4.69) is 17.2 Å². The van der Waals surface area contributed by atoms with Crippen molar-refractivity contribution in [2.75, 3.05) is 26.1 Å². The van der Waals surface area contributed by atoms with Crippen LogP contribution in [0.5, 0.6) is 11.5 Å². The lowest BCUT2D eigenvalue weighted by Crippen LogP contribution is -2.01. The maximum absolute atomic E-state index is 5.21. The molecule has 0 atom stereocenters. The molecule has 0 spiro atoms. The third-order valence-corrected chi connectivity index (χ3v) is 1.95. The fraction of sp³-hybridized carbons (Fsp3) is 0.333. The molecule has 0 fully saturated rings. The highest BCUT2D eigenvalue weighted by atomic mass is 16.5. The van der Waals surface area contributed by atoms with Crippen LogP contribution in [0.1, 0.15) is 6.92 Å². The number of benzene rings is 1. The van der Waals surface area contributed by atoms with Gasteiger partial charge < -0.3 is 14.8 Å². The van der Waals surface area contributed by atoms with Crippen molar-refractivity contribution in [2.24, 2.45) is 0 Å². The first kappa shape index (κ1) is 11.3. The van der Waals surface area contributed by atoms with Crippen molar-refractivity contribution >= 4 is 5.69 Å². The van der Waals surface area contributed by atoms with Crippen LogP contribution in [0.25, 0.3) is 0 Å². The summed E-state index contributed by atoms with van der Waals surface area (Å²) < 4.78 is 10.3. The molecule has 0 amide bonds. The molecular formula is C12H15NO2. The van der Waals surface area contributed by atoms with Gasteiger partial charge in [-0.3, -0.25) is 0 Å². The standard InChI is InChI=1S/C12H15NO2/c1-4-5-8-13-11-9-10(14-2)6-7-12(11)15-3/h6-7,9,13H,8H2,1-3H3. The molecule has 80 valence electrons. The summed E-state index contributed by atoms with van der Waals surface area (Å²) in [7, 11) is 3.27. The van der Waals surface area contributed by atoms with E-state index < -0.39 is 0 Å². The predicted octanol–water partition coefficient (Wildman–Crippen LogP) is 2.14. The lowest BCUT2D eigenvalue weighted by Gasteiger charge is -2.10. The first-order chi connectivity index (χ1) is 7.31. The molecule has 0 saturated heterocycles. The van der Waals surface area contributed by atoms with E-state index in [1.165, 1.54) is 0 Å². The lowest BCUT2D eigenvalue weighted by molar-refractivity contribution is 0.404. The Morgan fingerprint density at radius 1 is 1.27 bits per heavy atom. The summed E-state index contributed by atoms with van der Waals surface area (Å²) in [5, 5.41) is 3.16. The summed E-state index contributed by atoms with van der Waals surface area (Å²) in [4.78, 5) is 0. The minimum Gasteiger partial charge on any atom is -0.497 e. The third-order valence-electron chi connectivity index (χ3n) is 1.95. The summed E-state index contributed by atoms with van der Waals surface area (Å²) in [5.74, 6) is 7.33. The molecule has 0 aliphatic heterocycles. The SMILES string of the molecule is CC#CCNc1cc(OC)ccc1OC. The molecule has 1 N–H and O–H groups in total. The van der Waals surface area contributed by atoms with E-state index in [1.807, 2.05) is 25.1 Å². The largest absolute Gasteiger partial charge is 0.497 e. The monoisotopic (exact) mass is 205 g/mol. The number of methoxy groups -OCH3 is 2. The van der Waals surface area contributed by atoms with Crippen LogP contribution in [0, 0.1) is 11.8 Å². The van der Waals surface area contributed by atoms with Crippen LogP contribution >= 0.6 is 0 Å². The average molecular weight is 205 g/mol. The summed E-state index contributed by atoms with van der Waals surface area (Å²) in [6, 6.07) is 5.60. The second kappa shape index (κ2) is 5.82. The quantitative estimate of drug-likeness (QED) is 0.764. The van der Waals surface area contributed by atoms with Gasteiger partial charge in [-0.2, -0.15) is 0 Å². The van der Waals surface area contributed by atoms with Crippen molar-refractivity contribution in [1.29, 1.82) is 0 Å². The van der Waals surface area contributed by atoms with Gasteiger partial charge in [-0.25, -0.2) is 0 Å². The molecule has 0 aliphatic carbocycles. The Balaban J connectivity index is 2.84. The van der Waals surface area contributed by atoms with Gasteiger partial charge in [-0.05, 0) is 19.1 Å². The van der Waals surface area contributed by atoms with Gasteiger partial charge in [-0.15, -0.1) is 5.92 Å². The first-order valence-corrected chi connectivity index (χ1v) is 4.67. The minimum absolute atomic E-state index is 0.597. The number of hydrogen-bond donors (Lipinski definition) is 1. The van der Waals surface area contributed by atoms with Gasteiger partial charge in [0.15, 0.2) is 0 Å². The summed E-state index contributed by atoms with van der Waals surface area (Å²) in [5.41, 5.74) is 0.889. The Labute approximate surface area is 90.4 Å². The van der Waals surface area contributed by atoms with Crippen LogP contribution in [0.3, 0.4) is 0 Å². The maximum Gasteiger partial charge on any atom is 0.142 e. The van der Waals surface area contributed by atoms with E-state index in [4.69, 9.17) is 9.47 Å². The minimum atomic E-state index is 0.597. The molecule has 0 bridgehead atoms. The molecule has 0 radical (unpaired) electrons. The van der Waals surface area contributed by atoms with E-state index in [0.29, 0.717) is 6.54 Å². The topological polar surface area (TPSA) is 30.5 Å². The van der Waals surface area contributed by atoms with Gasteiger partial charge in [-0.1, -0.05) is 5.92 Å². The molecule has 3 heteroatoms. The Morgan fingerprint density at radius 2 is 2.07 bits per heavy atom. The zero-order chi connectivity index (χ0) is 11.1. The van der Waals surface area contributed by atoms with E-state index in [9.17, 15) is 0 Å². The van der Waals surface area contributed by atoms with Crippen molar-refractivity contribution in [3.63, 3.8) is 0 Å². The predicted molar refractivity (Wildman–Crippen MR) is 61.5 cm³/mol. The molecule has 3 nitrogen and oxygen atoms in total. The van der Waals surface area contributed by atoms with Crippen molar-refractivity contribution < 1.29 is 9.47 Å².